The molecule has 0 spiro atoms. The van der Waals surface area contributed by atoms with Crippen molar-refractivity contribution in [3.8, 4) is 0 Å². The largest absolute Gasteiger partial charge is 0.376 e. The van der Waals surface area contributed by atoms with Crippen molar-refractivity contribution in [3.63, 3.8) is 0 Å². The first-order valence-corrected chi connectivity index (χ1v) is 14.2. The molecule has 0 saturated carbocycles. The van der Waals surface area contributed by atoms with Crippen LogP contribution in [0.2, 0.25) is 0 Å². The zero-order chi connectivity index (χ0) is 24.8. The zero-order valence-electron chi connectivity index (χ0n) is 20.0. The summed E-state index contributed by atoms with van der Waals surface area (Å²) >= 11 is 5.63. The summed E-state index contributed by atoms with van der Waals surface area (Å²) in [5, 5.41) is 3.80. The minimum absolute atomic E-state index is 0.00115. The lowest BCUT2D eigenvalue weighted by molar-refractivity contribution is 0.0862. The Morgan fingerprint density at radius 3 is 2.51 bits per heavy atom. The molecular weight excluding hydrogens is 491 g/mol. The van der Waals surface area contributed by atoms with Crippen molar-refractivity contribution >= 4 is 27.2 Å². The summed E-state index contributed by atoms with van der Waals surface area (Å²) in [6.07, 6.45) is 5.43. The third-order valence-electron chi connectivity index (χ3n) is 6.28. The van der Waals surface area contributed by atoms with E-state index in [1.165, 1.54) is 24.3 Å². The fourth-order valence-electron chi connectivity index (χ4n) is 4.53. The molecule has 0 unspecified atom stereocenters. The lowest BCUT2D eigenvalue weighted by Crippen LogP contribution is -2.43. The third kappa shape index (κ3) is 6.78. The Kier molecular flexibility index (Phi) is 8.74. The second kappa shape index (κ2) is 11.8. The van der Waals surface area contributed by atoms with Crippen molar-refractivity contribution in [2.24, 2.45) is 0 Å². The van der Waals surface area contributed by atoms with E-state index in [1.807, 2.05) is 11.8 Å². The number of sulfone groups is 1. The van der Waals surface area contributed by atoms with Crippen LogP contribution < -0.4 is 5.32 Å². The first-order chi connectivity index (χ1) is 16.9. The van der Waals surface area contributed by atoms with Crippen LogP contribution in [0.4, 0.5) is 4.39 Å². The molecule has 2 aliphatic heterocycles. The smallest absolute Gasteiger partial charge is 0.228 e. The number of thiocarbonyl (C=S) groups is 1. The second-order valence-electron chi connectivity index (χ2n) is 9.01. The van der Waals surface area contributed by atoms with Gasteiger partial charge in [-0.1, -0.05) is 12.1 Å². The topological polar surface area (TPSA) is 85.7 Å². The molecule has 0 radical (unpaired) electrons. The maximum atomic E-state index is 13.4. The molecule has 11 heteroatoms. The van der Waals surface area contributed by atoms with Gasteiger partial charge in [-0.05, 0) is 62.5 Å². The van der Waals surface area contributed by atoms with E-state index in [9.17, 15) is 12.8 Å². The number of ether oxygens (including phenoxy) is 2. The quantitative estimate of drug-likeness (QED) is 0.475. The van der Waals surface area contributed by atoms with Crippen molar-refractivity contribution in [1.29, 1.82) is 0 Å². The first-order valence-electron chi connectivity index (χ1n) is 12.1. The standard InChI is InChI=1S/C24H33FN4O4S2/c1-2-26-23(34)28(15-21-5-3-11-32-21)14-20-13-27-24(29(20)16-22-6-4-12-33-22)35(30,31)17-18-7-9-19(25)10-8-18/h7-10,13,21-22H,2-6,11-12,14-17H2,1H3,(H,26,34)/t21-,22+/m1/s1. The minimum Gasteiger partial charge on any atom is -0.376 e. The van der Waals surface area contributed by atoms with Crippen LogP contribution in [0.25, 0.3) is 0 Å². The van der Waals surface area contributed by atoms with E-state index >= 15 is 0 Å². The second-order valence-corrected chi connectivity index (χ2v) is 11.3. The molecule has 4 rings (SSSR count). The highest BCUT2D eigenvalue weighted by Crippen LogP contribution is 2.23. The average Bonchev–Trinajstić information content (AvgIpc) is 3.59. The van der Waals surface area contributed by atoms with Crippen molar-refractivity contribution in [1.82, 2.24) is 19.8 Å². The summed E-state index contributed by atoms with van der Waals surface area (Å²) in [6.45, 7) is 5.50. The van der Waals surface area contributed by atoms with Crippen LogP contribution in [0.5, 0.6) is 0 Å². The van der Waals surface area contributed by atoms with Gasteiger partial charge in [-0.25, -0.2) is 17.8 Å². The number of rotatable bonds is 10. The molecule has 0 amide bonds. The fraction of sp³-hybridized carbons (Fsp3) is 0.583. The van der Waals surface area contributed by atoms with Gasteiger partial charge >= 0.3 is 0 Å². The van der Waals surface area contributed by atoms with Crippen LogP contribution >= 0.6 is 12.2 Å². The van der Waals surface area contributed by atoms with Crippen LogP contribution in [0, 0.1) is 5.82 Å². The van der Waals surface area contributed by atoms with Crippen LogP contribution in [0.15, 0.2) is 35.6 Å². The van der Waals surface area contributed by atoms with Crippen molar-refractivity contribution in [3.05, 3.63) is 47.5 Å². The zero-order valence-corrected chi connectivity index (χ0v) is 21.6. The van der Waals surface area contributed by atoms with Gasteiger partial charge in [0.1, 0.15) is 5.82 Å². The molecule has 2 atom stereocenters. The van der Waals surface area contributed by atoms with Gasteiger partial charge in [-0.15, -0.1) is 0 Å². The maximum absolute atomic E-state index is 13.4. The molecule has 1 N–H and O–H groups in total. The average molecular weight is 525 g/mol. The maximum Gasteiger partial charge on any atom is 0.228 e. The highest BCUT2D eigenvalue weighted by molar-refractivity contribution is 7.90. The molecule has 192 valence electrons. The Bertz CT molecular complexity index is 1100. The number of nitrogens with one attached hydrogen (secondary N) is 1. The predicted octanol–water partition coefficient (Wildman–Crippen LogP) is 3.05. The number of hydrogen-bond donors (Lipinski definition) is 1. The summed E-state index contributed by atoms with van der Waals surface area (Å²) in [6, 6.07) is 5.50. The van der Waals surface area contributed by atoms with Gasteiger partial charge < -0.3 is 24.3 Å². The summed E-state index contributed by atoms with van der Waals surface area (Å²) in [4.78, 5) is 6.38. The monoisotopic (exact) mass is 524 g/mol. The molecule has 8 nitrogen and oxygen atoms in total. The van der Waals surface area contributed by atoms with Crippen LogP contribution in [0.1, 0.15) is 43.9 Å². The van der Waals surface area contributed by atoms with Crippen LogP contribution in [-0.4, -0.2) is 66.5 Å². The third-order valence-corrected chi connectivity index (χ3v) is 8.27. The van der Waals surface area contributed by atoms with Crippen molar-refractivity contribution in [2.45, 2.75) is 68.8 Å². The minimum atomic E-state index is -3.78. The van der Waals surface area contributed by atoms with Gasteiger partial charge in [0.15, 0.2) is 5.11 Å². The molecule has 1 aromatic heterocycles. The number of hydrogen-bond acceptors (Lipinski definition) is 6. The van der Waals surface area contributed by atoms with E-state index in [0.29, 0.717) is 43.5 Å². The predicted molar refractivity (Wildman–Crippen MR) is 134 cm³/mol. The Balaban J connectivity index is 1.62. The number of aromatic nitrogens is 2. The van der Waals surface area contributed by atoms with Crippen molar-refractivity contribution < 1.29 is 22.3 Å². The fourth-order valence-corrected chi connectivity index (χ4v) is 6.31. The summed E-state index contributed by atoms with van der Waals surface area (Å²) < 4.78 is 53.5. The number of nitrogens with zero attached hydrogens (tertiary/aromatic N) is 3. The van der Waals surface area contributed by atoms with Gasteiger partial charge in [-0.3, -0.25) is 0 Å². The summed E-state index contributed by atoms with van der Waals surface area (Å²) in [5.41, 5.74) is 1.25. The van der Waals surface area contributed by atoms with Crippen LogP contribution in [-0.2, 0) is 38.2 Å². The molecule has 2 fully saturated rings. The van der Waals surface area contributed by atoms with Gasteiger partial charge in [0.05, 0.1) is 42.9 Å². The highest BCUT2D eigenvalue weighted by Gasteiger charge is 2.29. The molecule has 2 aliphatic rings. The lowest BCUT2D eigenvalue weighted by Gasteiger charge is -2.28. The van der Waals surface area contributed by atoms with E-state index < -0.39 is 15.7 Å². The van der Waals surface area contributed by atoms with Crippen LogP contribution in [0.3, 0.4) is 0 Å². The van der Waals surface area contributed by atoms with E-state index in [-0.39, 0.29) is 23.1 Å². The summed E-state index contributed by atoms with van der Waals surface area (Å²) in [7, 11) is -3.78. The Labute approximate surface area is 211 Å². The van der Waals surface area contributed by atoms with E-state index in [2.05, 4.69) is 10.3 Å². The van der Waals surface area contributed by atoms with E-state index in [0.717, 1.165) is 38.0 Å². The molecular formula is C24H33FN4O4S2. The molecule has 0 aliphatic carbocycles. The number of imidazole rings is 1. The number of benzene rings is 1. The Morgan fingerprint density at radius 2 is 1.89 bits per heavy atom. The van der Waals surface area contributed by atoms with Gasteiger partial charge in [-0.2, -0.15) is 0 Å². The van der Waals surface area contributed by atoms with Gasteiger partial charge in [0.25, 0.3) is 0 Å². The normalized spacial score (nSPS) is 20.3. The number of halogens is 1. The molecule has 35 heavy (non-hydrogen) atoms. The highest BCUT2D eigenvalue weighted by atomic mass is 32.2. The molecule has 1 aromatic carbocycles. The van der Waals surface area contributed by atoms with Crippen molar-refractivity contribution in [2.75, 3.05) is 26.3 Å². The molecule has 0 bridgehead atoms. The van der Waals surface area contributed by atoms with E-state index in [1.54, 1.807) is 10.8 Å². The SMILES string of the molecule is CCNC(=S)N(Cc1cnc(S(=O)(=O)Cc2ccc(F)cc2)n1C[C@@H]1CCCO1)C[C@H]1CCCO1. The van der Waals surface area contributed by atoms with Gasteiger partial charge in [0.2, 0.25) is 15.0 Å². The van der Waals surface area contributed by atoms with E-state index in [4.69, 9.17) is 21.7 Å². The van der Waals surface area contributed by atoms with Gasteiger partial charge in [0, 0.05) is 26.3 Å². The first kappa shape index (κ1) is 26.0. The molecule has 2 aromatic rings. The lowest BCUT2D eigenvalue weighted by atomic mass is 10.2. The Morgan fingerprint density at radius 1 is 1.20 bits per heavy atom. The molecule has 2 saturated heterocycles. The summed E-state index contributed by atoms with van der Waals surface area (Å²) in [5.74, 6) is -0.665. The molecule has 3 heterocycles. The Hall–Kier alpha value is -2.08.